The quantitative estimate of drug-likeness (QED) is 0.399. The zero-order valence-electron chi connectivity index (χ0n) is 18.5. The van der Waals surface area contributed by atoms with Gasteiger partial charge in [-0.1, -0.05) is 28.9 Å². The first kappa shape index (κ1) is 23.3. The molecule has 3 aromatic rings. The van der Waals surface area contributed by atoms with Crippen molar-refractivity contribution in [2.24, 2.45) is 0 Å². The van der Waals surface area contributed by atoms with E-state index in [0.717, 1.165) is 5.69 Å². The molecule has 0 aliphatic carbocycles. The van der Waals surface area contributed by atoms with Crippen molar-refractivity contribution >= 4 is 35.0 Å². The molecule has 10 heteroatoms. The summed E-state index contributed by atoms with van der Waals surface area (Å²) >= 11 is 6.16. The number of ether oxygens (including phenoxy) is 2. The predicted molar refractivity (Wildman–Crippen MR) is 127 cm³/mol. The zero-order chi connectivity index (χ0) is 23.9. The first-order valence-corrected chi connectivity index (χ1v) is 11.0. The third kappa shape index (κ3) is 5.92. The Kier molecular flexibility index (Phi) is 7.42. The standard InChI is InChI=1S/C24H22ClN5O4/c1-16-27-23(29-34-16)15-33-20-5-2-17(3-6-20)12-18(14-26)24(31)28-21-13-19(25)4-7-22(21)30-8-10-32-11-9-30/h2-7,12-13H,8-11,15H2,1H3,(H,28,31)/b18-12-. The van der Waals surface area contributed by atoms with Crippen molar-refractivity contribution in [1.29, 1.82) is 5.26 Å². The number of hydrogen-bond donors (Lipinski definition) is 1. The highest BCUT2D eigenvalue weighted by Crippen LogP contribution is 2.30. The number of morpholine rings is 1. The van der Waals surface area contributed by atoms with Gasteiger partial charge in [-0.2, -0.15) is 10.2 Å². The lowest BCUT2D eigenvalue weighted by atomic mass is 10.1. The predicted octanol–water partition coefficient (Wildman–Crippen LogP) is 3.99. The van der Waals surface area contributed by atoms with Crippen molar-refractivity contribution in [3.63, 3.8) is 0 Å². The second-order valence-electron chi connectivity index (χ2n) is 7.47. The summed E-state index contributed by atoms with van der Waals surface area (Å²) in [4.78, 5) is 19.1. The molecular formula is C24H22ClN5O4. The average Bonchev–Trinajstić information content (AvgIpc) is 3.27. The molecule has 0 bridgehead atoms. The lowest BCUT2D eigenvalue weighted by Crippen LogP contribution is -2.36. The minimum absolute atomic E-state index is 0.0381. The minimum atomic E-state index is -0.521. The molecule has 174 valence electrons. The third-order valence-electron chi connectivity index (χ3n) is 5.05. The Morgan fingerprint density at radius 2 is 2.03 bits per heavy atom. The fraction of sp³-hybridized carbons (Fsp3) is 0.250. The summed E-state index contributed by atoms with van der Waals surface area (Å²) < 4.78 is 15.9. The van der Waals surface area contributed by atoms with Crippen LogP contribution in [0.25, 0.3) is 6.08 Å². The Labute approximate surface area is 201 Å². The van der Waals surface area contributed by atoms with Crippen molar-refractivity contribution in [3.8, 4) is 11.8 Å². The van der Waals surface area contributed by atoms with Crippen molar-refractivity contribution in [3.05, 3.63) is 70.3 Å². The number of nitrogens with zero attached hydrogens (tertiary/aromatic N) is 4. The molecule has 9 nitrogen and oxygen atoms in total. The first-order valence-electron chi connectivity index (χ1n) is 10.6. The van der Waals surface area contributed by atoms with Gasteiger partial charge in [0.25, 0.3) is 5.91 Å². The maximum atomic E-state index is 12.9. The molecule has 1 aliphatic heterocycles. The van der Waals surface area contributed by atoms with Gasteiger partial charge in [-0.05, 0) is 42.0 Å². The Morgan fingerprint density at radius 1 is 1.26 bits per heavy atom. The molecule has 2 heterocycles. The lowest BCUT2D eigenvalue weighted by Gasteiger charge is -2.30. The molecule has 0 saturated carbocycles. The third-order valence-corrected chi connectivity index (χ3v) is 5.29. The Balaban J connectivity index is 1.45. The van der Waals surface area contributed by atoms with Crippen molar-refractivity contribution in [2.75, 3.05) is 36.5 Å². The Hall–Kier alpha value is -3.87. The number of carbonyl (C=O) groups excluding carboxylic acids is 1. The largest absolute Gasteiger partial charge is 0.485 e. The number of rotatable bonds is 7. The van der Waals surface area contributed by atoms with Gasteiger partial charge in [0.05, 0.1) is 24.6 Å². The molecule has 0 unspecified atom stereocenters. The first-order chi connectivity index (χ1) is 16.5. The number of halogens is 1. The fourth-order valence-electron chi connectivity index (χ4n) is 3.40. The number of aromatic nitrogens is 2. The Bertz CT molecular complexity index is 1230. The van der Waals surface area contributed by atoms with Crippen LogP contribution in [0.2, 0.25) is 5.02 Å². The summed E-state index contributed by atoms with van der Waals surface area (Å²) in [5.74, 6) is 0.988. The summed E-state index contributed by atoms with van der Waals surface area (Å²) in [7, 11) is 0. The second kappa shape index (κ2) is 10.8. The van der Waals surface area contributed by atoms with Crippen LogP contribution in [0.15, 0.2) is 52.6 Å². The fourth-order valence-corrected chi connectivity index (χ4v) is 3.57. The van der Waals surface area contributed by atoms with E-state index in [2.05, 4.69) is 20.4 Å². The number of benzene rings is 2. The van der Waals surface area contributed by atoms with E-state index >= 15 is 0 Å². The number of carbonyl (C=O) groups is 1. The van der Waals surface area contributed by atoms with Crippen LogP contribution in [0.4, 0.5) is 11.4 Å². The van der Waals surface area contributed by atoms with Crippen LogP contribution in [-0.4, -0.2) is 42.4 Å². The molecule has 0 radical (unpaired) electrons. The molecule has 1 fully saturated rings. The number of anilines is 2. The van der Waals surface area contributed by atoms with Crippen LogP contribution in [0.3, 0.4) is 0 Å². The number of aryl methyl sites for hydroxylation is 1. The highest BCUT2D eigenvalue weighted by molar-refractivity contribution is 6.31. The highest BCUT2D eigenvalue weighted by atomic mass is 35.5. The topological polar surface area (TPSA) is 114 Å². The van der Waals surface area contributed by atoms with E-state index in [-0.39, 0.29) is 12.2 Å². The van der Waals surface area contributed by atoms with Gasteiger partial charge in [0, 0.05) is 25.0 Å². The van der Waals surface area contributed by atoms with Gasteiger partial charge in [-0.25, -0.2) is 0 Å². The van der Waals surface area contributed by atoms with E-state index in [1.807, 2.05) is 12.1 Å². The van der Waals surface area contributed by atoms with Gasteiger partial charge in [-0.3, -0.25) is 4.79 Å². The van der Waals surface area contributed by atoms with E-state index in [1.54, 1.807) is 43.3 Å². The van der Waals surface area contributed by atoms with Gasteiger partial charge in [0.1, 0.15) is 17.4 Å². The summed E-state index contributed by atoms with van der Waals surface area (Å²) in [6.45, 7) is 4.49. The van der Waals surface area contributed by atoms with E-state index in [9.17, 15) is 10.1 Å². The maximum Gasteiger partial charge on any atom is 0.266 e. The van der Waals surface area contributed by atoms with Crippen LogP contribution >= 0.6 is 11.6 Å². The van der Waals surface area contributed by atoms with Gasteiger partial charge in [0.2, 0.25) is 11.7 Å². The van der Waals surface area contributed by atoms with Gasteiger partial charge in [0.15, 0.2) is 6.61 Å². The van der Waals surface area contributed by atoms with Crippen LogP contribution in [0.1, 0.15) is 17.3 Å². The molecule has 1 N–H and O–H groups in total. The van der Waals surface area contributed by atoms with Crippen LogP contribution in [0.5, 0.6) is 5.75 Å². The van der Waals surface area contributed by atoms with Crippen molar-refractivity contribution < 1.29 is 18.8 Å². The van der Waals surface area contributed by atoms with E-state index in [1.165, 1.54) is 6.08 Å². The van der Waals surface area contributed by atoms with Crippen molar-refractivity contribution in [2.45, 2.75) is 13.5 Å². The molecule has 1 saturated heterocycles. The average molecular weight is 480 g/mol. The summed E-state index contributed by atoms with van der Waals surface area (Å²) in [6, 6.07) is 14.2. The van der Waals surface area contributed by atoms with E-state index in [4.69, 9.17) is 25.6 Å². The molecule has 4 rings (SSSR count). The van der Waals surface area contributed by atoms with Gasteiger partial charge < -0.3 is 24.2 Å². The number of nitriles is 1. The summed E-state index contributed by atoms with van der Waals surface area (Å²) in [6.07, 6.45) is 1.51. The van der Waals surface area contributed by atoms with Crippen LogP contribution in [0, 0.1) is 18.3 Å². The number of hydrogen-bond acceptors (Lipinski definition) is 8. The number of amides is 1. The lowest BCUT2D eigenvalue weighted by molar-refractivity contribution is -0.112. The molecule has 1 amide bonds. The van der Waals surface area contributed by atoms with Crippen LogP contribution < -0.4 is 15.0 Å². The number of nitrogens with one attached hydrogen (secondary N) is 1. The molecule has 1 aromatic heterocycles. The van der Waals surface area contributed by atoms with E-state index < -0.39 is 5.91 Å². The second-order valence-corrected chi connectivity index (χ2v) is 7.91. The molecular weight excluding hydrogens is 458 g/mol. The monoisotopic (exact) mass is 479 g/mol. The SMILES string of the molecule is Cc1nc(COc2ccc(/C=C(/C#N)C(=O)Nc3cc(Cl)ccc3N3CCOCC3)cc2)no1. The molecule has 0 atom stereocenters. The zero-order valence-corrected chi connectivity index (χ0v) is 19.2. The molecule has 2 aromatic carbocycles. The minimum Gasteiger partial charge on any atom is -0.485 e. The van der Waals surface area contributed by atoms with Gasteiger partial charge in [-0.15, -0.1) is 0 Å². The Morgan fingerprint density at radius 3 is 2.71 bits per heavy atom. The normalized spacial score (nSPS) is 13.9. The highest BCUT2D eigenvalue weighted by Gasteiger charge is 2.18. The van der Waals surface area contributed by atoms with Crippen LogP contribution in [-0.2, 0) is 16.1 Å². The van der Waals surface area contributed by atoms with E-state index in [0.29, 0.717) is 60.0 Å². The molecule has 34 heavy (non-hydrogen) atoms. The van der Waals surface area contributed by atoms with Gasteiger partial charge >= 0.3 is 0 Å². The summed E-state index contributed by atoms with van der Waals surface area (Å²) in [5, 5.41) is 16.7. The molecule has 0 spiro atoms. The smallest absolute Gasteiger partial charge is 0.266 e. The molecule has 1 aliphatic rings. The maximum absolute atomic E-state index is 12.9. The van der Waals surface area contributed by atoms with Crippen molar-refractivity contribution in [1.82, 2.24) is 10.1 Å². The summed E-state index contributed by atoms with van der Waals surface area (Å²) in [5.41, 5.74) is 2.01.